The van der Waals surface area contributed by atoms with Gasteiger partial charge in [0.1, 0.15) is 0 Å². The first kappa shape index (κ1) is 25.6. The van der Waals surface area contributed by atoms with Gasteiger partial charge in [-0.3, -0.25) is 4.90 Å². The summed E-state index contributed by atoms with van der Waals surface area (Å²) in [5.74, 6) is -0.575. The molecule has 5 rings (SSSR count). The molecule has 38 heavy (non-hydrogen) atoms. The number of hydroxylamine groups is 1. The zero-order valence-electron chi connectivity index (χ0n) is 21.6. The normalized spacial score (nSPS) is 14.9. The second-order valence-corrected chi connectivity index (χ2v) is 9.23. The summed E-state index contributed by atoms with van der Waals surface area (Å²) in [5.41, 5.74) is 7.93. The number of oxazole rings is 1. The molecule has 1 N–H and O–H groups in total. The van der Waals surface area contributed by atoms with Crippen molar-refractivity contribution in [2.24, 2.45) is 0 Å². The van der Waals surface area contributed by atoms with Gasteiger partial charge in [-0.15, -0.1) is 0 Å². The van der Waals surface area contributed by atoms with Crippen molar-refractivity contribution in [3.8, 4) is 11.1 Å². The minimum atomic E-state index is -0.915. The van der Waals surface area contributed by atoms with Crippen LogP contribution in [0.5, 0.6) is 0 Å². The summed E-state index contributed by atoms with van der Waals surface area (Å²) < 4.78 is 12.4. The molecule has 1 aromatic heterocycles. The first-order valence-electron chi connectivity index (χ1n) is 12.9. The zero-order chi connectivity index (χ0) is 26.5. The van der Waals surface area contributed by atoms with Crippen molar-refractivity contribution in [1.29, 1.82) is 0 Å². The van der Waals surface area contributed by atoms with E-state index in [1.807, 2.05) is 25.1 Å². The van der Waals surface area contributed by atoms with Crippen LogP contribution in [0.2, 0.25) is 0 Å². The van der Waals surface area contributed by atoms with Crippen LogP contribution >= 0.6 is 0 Å². The topological polar surface area (TPSA) is 89.2 Å². The Kier molecular flexibility index (Phi) is 7.76. The third-order valence-electron chi connectivity index (χ3n) is 6.83. The number of anilines is 1. The molecular weight excluding hydrogens is 484 g/mol. The Bertz CT molecular complexity index is 1440. The highest BCUT2D eigenvalue weighted by Gasteiger charge is 2.26. The van der Waals surface area contributed by atoms with E-state index < -0.39 is 18.1 Å². The number of hydrogen-bond donors (Lipinski definition) is 1. The summed E-state index contributed by atoms with van der Waals surface area (Å²) in [6, 6.07) is 24.8. The van der Waals surface area contributed by atoms with Crippen molar-refractivity contribution in [3.05, 3.63) is 88.9 Å². The minimum Gasteiger partial charge on any atom is -0.408 e. The van der Waals surface area contributed by atoms with Crippen LogP contribution in [-0.2, 0) is 16.1 Å². The number of nitrogens with one attached hydrogen (secondary N) is 1. The van der Waals surface area contributed by atoms with Crippen molar-refractivity contribution in [2.75, 3.05) is 38.1 Å². The third-order valence-corrected chi connectivity index (χ3v) is 6.83. The Labute approximate surface area is 221 Å². The number of hydrogen-bond acceptors (Lipinski definition) is 8. The van der Waals surface area contributed by atoms with Crippen molar-refractivity contribution < 1.29 is 18.8 Å². The molecule has 0 aliphatic carbocycles. The van der Waals surface area contributed by atoms with Gasteiger partial charge in [0.15, 0.2) is 11.8 Å². The van der Waals surface area contributed by atoms with Crippen LogP contribution in [0, 0.1) is 0 Å². The highest BCUT2D eigenvalue weighted by Crippen LogP contribution is 2.30. The molecular formula is C29H32N4O5. The van der Waals surface area contributed by atoms with E-state index in [0.29, 0.717) is 17.5 Å². The summed E-state index contributed by atoms with van der Waals surface area (Å²) in [4.78, 5) is 34.0. The van der Waals surface area contributed by atoms with Gasteiger partial charge in [0.05, 0.1) is 11.2 Å². The standard InChI is InChI=1S/C29H32N4O5/c1-3-26(36-29(35)38-30-2)33-25-14-8-13-24(27(25)37-28(33)34)32-17-15-31(16-18-32)20-21-9-7-12-23(19-21)22-10-5-4-6-11-22/h4-14,19,26,30H,3,15-18,20H2,1-2H3. The zero-order valence-corrected chi connectivity index (χ0v) is 21.6. The van der Waals surface area contributed by atoms with Crippen LogP contribution in [0.3, 0.4) is 0 Å². The van der Waals surface area contributed by atoms with E-state index in [1.54, 1.807) is 6.07 Å². The Morgan fingerprint density at radius 1 is 0.974 bits per heavy atom. The predicted molar refractivity (Wildman–Crippen MR) is 146 cm³/mol. The molecule has 9 nitrogen and oxygen atoms in total. The molecule has 0 saturated carbocycles. The van der Waals surface area contributed by atoms with Crippen LogP contribution in [0.1, 0.15) is 25.1 Å². The Morgan fingerprint density at radius 2 is 1.71 bits per heavy atom. The van der Waals surface area contributed by atoms with E-state index in [2.05, 4.69) is 68.6 Å². The number of nitrogens with zero attached hydrogens (tertiary/aromatic N) is 3. The predicted octanol–water partition coefficient (Wildman–Crippen LogP) is 4.78. The number of fused-ring (bicyclic) bond motifs is 1. The maximum atomic E-state index is 12.8. The fourth-order valence-electron chi connectivity index (χ4n) is 4.99. The SMILES string of the molecule is CCC(OC(=O)ONC)n1c(=O)oc2c(N3CCN(Cc4cccc(-c5ccccc5)c4)CC3)cccc21. The van der Waals surface area contributed by atoms with E-state index >= 15 is 0 Å². The lowest BCUT2D eigenvalue weighted by Gasteiger charge is -2.36. The van der Waals surface area contributed by atoms with Crippen LogP contribution < -0.4 is 16.1 Å². The number of ether oxygens (including phenoxy) is 1. The average molecular weight is 517 g/mol. The van der Waals surface area contributed by atoms with Crippen molar-refractivity contribution >= 4 is 22.9 Å². The maximum Gasteiger partial charge on any atom is 0.529 e. The van der Waals surface area contributed by atoms with Crippen LogP contribution in [0.15, 0.2) is 82.0 Å². The number of rotatable bonds is 8. The maximum absolute atomic E-state index is 12.8. The molecule has 0 radical (unpaired) electrons. The fraction of sp³-hybridized carbons (Fsp3) is 0.310. The molecule has 1 saturated heterocycles. The molecule has 1 unspecified atom stereocenters. The molecule has 1 fully saturated rings. The molecule has 4 aromatic rings. The van der Waals surface area contributed by atoms with Gasteiger partial charge in [0, 0.05) is 46.2 Å². The van der Waals surface area contributed by atoms with Crippen LogP contribution in [0.25, 0.3) is 22.2 Å². The van der Waals surface area contributed by atoms with Gasteiger partial charge in [-0.05, 0) is 34.9 Å². The monoisotopic (exact) mass is 516 g/mol. The molecule has 198 valence electrons. The summed E-state index contributed by atoms with van der Waals surface area (Å²) in [6.07, 6.45) is -1.38. The molecule has 3 aromatic carbocycles. The molecule has 0 bridgehead atoms. The number of para-hydroxylation sites is 1. The van der Waals surface area contributed by atoms with Gasteiger partial charge in [-0.25, -0.2) is 14.2 Å². The molecule has 9 heteroatoms. The lowest BCUT2D eigenvalue weighted by atomic mass is 10.0. The Morgan fingerprint density at radius 3 is 2.45 bits per heavy atom. The Balaban J connectivity index is 1.29. The second kappa shape index (κ2) is 11.5. The van der Waals surface area contributed by atoms with E-state index in [4.69, 9.17) is 9.15 Å². The Hall–Kier alpha value is -4.08. The van der Waals surface area contributed by atoms with Crippen molar-refractivity contribution in [1.82, 2.24) is 14.9 Å². The van der Waals surface area contributed by atoms with Crippen molar-refractivity contribution in [2.45, 2.75) is 26.1 Å². The molecule has 1 atom stereocenters. The minimum absolute atomic E-state index is 0.377. The highest BCUT2D eigenvalue weighted by atomic mass is 16.8. The van der Waals surface area contributed by atoms with Crippen LogP contribution in [-0.4, -0.2) is 48.8 Å². The summed E-state index contributed by atoms with van der Waals surface area (Å²) in [7, 11) is 1.45. The lowest BCUT2D eigenvalue weighted by Crippen LogP contribution is -2.46. The summed E-state index contributed by atoms with van der Waals surface area (Å²) >= 11 is 0. The highest BCUT2D eigenvalue weighted by molar-refractivity contribution is 5.87. The van der Waals surface area contributed by atoms with Crippen LogP contribution in [0.4, 0.5) is 10.5 Å². The average Bonchev–Trinajstić information content (AvgIpc) is 3.29. The van der Waals surface area contributed by atoms with E-state index in [9.17, 15) is 9.59 Å². The molecule has 0 amide bonds. The fourth-order valence-corrected chi connectivity index (χ4v) is 4.99. The van der Waals surface area contributed by atoms with Gasteiger partial charge >= 0.3 is 11.9 Å². The van der Waals surface area contributed by atoms with E-state index in [-0.39, 0.29) is 0 Å². The van der Waals surface area contributed by atoms with Gasteiger partial charge in [-0.2, -0.15) is 5.48 Å². The summed E-state index contributed by atoms with van der Waals surface area (Å²) in [6.45, 7) is 6.06. The van der Waals surface area contributed by atoms with Gasteiger partial charge in [0.25, 0.3) is 0 Å². The van der Waals surface area contributed by atoms with Gasteiger partial charge < -0.3 is 18.9 Å². The molecule has 2 heterocycles. The first-order valence-corrected chi connectivity index (χ1v) is 12.9. The van der Waals surface area contributed by atoms with Gasteiger partial charge in [0.2, 0.25) is 0 Å². The van der Waals surface area contributed by atoms with Gasteiger partial charge in [-0.1, -0.05) is 61.5 Å². The smallest absolute Gasteiger partial charge is 0.408 e. The number of carbonyl (C=O) groups excluding carboxylic acids is 1. The number of aromatic nitrogens is 1. The van der Waals surface area contributed by atoms with E-state index in [0.717, 1.165) is 38.4 Å². The quantitative estimate of drug-likeness (QED) is 0.264. The molecule has 1 aliphatic heterocycles. The number of piperazine rings is 1. The summed E-state index contributed by atoms with van der Waals surface area (Å²) in [5, 5.41) is 0. The molecule has 1 aliphatic rings. The number of benzene rings is 3. The third kappa shape index (κ3) is 5.44. The van der Waals surface area contributed by atoms with Crippen molar-refractivity contribution in [3.63, 3.8) is 0 Å². The second-order valence-electron chi connectivity index (χ2n) is 9.23. The number of carbonyl (C=O) groups is 1. The largest absolute Gasteiger partial charge is 0.529 e. The first-order chi connectivity index (χ1) is 18.6. The van der Waals surface area contributed by atoms with E-state index in [1.165, 1.54) is 28.3 Å². The lowest BCUT2D eigenvalue weighted by molar-refractivity contribution is -0.0262. The molecule has 0 spiro atoms.